The molecule has 1 fully saturated rings. The van der Waals surface area contributed by atoms with E-state index in [1.165, 1.54) is 29.6 Å². The molecule has 2 aromatic carbocycles. The van der Waals surface area contributed by atoms with Gasteiger partial charge in [-0.2, -0.15) is 4.31 Å². The molecule has 1 aliphatic rings. The molecule has 2 aromatic rings. The first-order valence-electron chi connectivity index (χ1n) is 9.48. The van der Waals surface area contributed by atoms with Crippen LogP contribution in [0.4, 0.5) is 5.69 Å². The monoisotopic (exact) mass is 402 g/mol. The van der Waals surface area contributed by atoms with Gasteiger partial charge in [0.1, 0.15) is 5.75 Å². The predicted octanol–water partition coefficient (Wildman–Crippen LogP) is 3.82. The van der Waals surface area contributed by atoms with Gasteiger partial charge in [-0.25, -0.2) is 8.42 Å². The van der Waals surface area contributed by atoms with E-state index in [1.54, 1.807) is 6.07 Å². The lowest BCUT2D eigenvalue weighted by molar-refractivity contribution is 0.102. The number of hydrogen-bond acceptors (Lipinski definition) is 4. The van der Waals surface area contributed by atoms with Crippen LogP contribution in [0.5, 0.6) is 5.75 Å². The topological polar surface area (TPSA) is 75.7 Å². The van der Waals surface area contributed by atoms with Crippen LogP contribution in [0.15, 0.2) is 47.4 Å². The van der Waals surface area contributed by atoms with Crippen LogP contribution < -0.4 is 10.1 Å². The number of aryl methyl sites for hydroxylation is 1. The standard InChI is InChI=1S/C21H26N2O4S/c1-16-9-5-6-10-19(16)22-21(24)18-15-17(11-12-20(18)27-2)28(25,26)23-13-7-3-4-8-14-23/h5-6,9-12,15H,3-4,7-8,13-14H2,1-2H3,(H,22,24). The molecule has 1 N–H and O–H groups in total. The molecule has 0 aromatic heterocycles. The van der Waals surface area contributed by atoms with Gasteiger partial charge in [-0.15, -0.1) is 0 Å². The molecular weight excluding hydrogens is 376 g/mol. The fraction of sp³-hybridized carbons (Fsp3) is 0.381. The van der Waals surface area contributed by atoms with Gasteiger partial charge in [-0.05, 0) is 49.6 Å². The van der Waals surface area contributed by atoms with Crippen LogP contribution in [0.25, 0.3) is 0 Å². The third-order valence-electron chi connectivity index (χ3n) is 5.01. The number of para-hydroxylation sites is 1. The number of nitrogens with one attached hydrogen (secondary N) is 1. The van der Waals surface area contributed by atoms with E-state index in [1.807, 2.05) is 25.1 Å². The largest absolute Gasteiger partial charge is 0.496 e. The molecule has 28 heavy (non-hydrogen) atoms. The van der Waals surface area contributed by atoms with E-state index in [0.717, 1.165) is 31.2 Å². The second-order valence-corrected chi connectivity index (χ2v) is 8.89. The lowest BCUT2D eigenvalue weighted by Crippen LogP contribution is -2.32. The number of hydrogen-bond donors (Lipinski definition) is 1. The molecule has 0 radical (unpaired) electrons. The zero-order valence-corrected chi connectivity index (χ0v) is 17.1. The van der Waals surface area contributed by atoms with Crippen molar-refractivity contribution >= 4 is 21.6 Å². The smallest absolute Gasteiger partial charge is 0.259 e. The van der Waals surface area contributed by atoms with E-state index in [9.17, 15) is 13.2 Å². The Balaban J connectivity index is 1.93. The maximum atomic E-state index is 13.1. The summed E-state index contributed by atoms with van der Waals surface area (Å²) in [6, 6.07) is 11.9. The summed E-state index contributed by atoms with van der Waals surface area (Å²) in [7, 11) is -2.19. The van der Waals surface area contributed by atoms with E-state index in [-0.39, 0.29) is 10.5 Å². The molecule has 0 aliphatic carbocycles. The molecule has 1 heterocycles. The van der Waals surface area contributed by atoms with Crippen LogP contribution in [-0.2, 0) is 10.0 Å². The highest BCUT2D eigenvalue weighted by Crippen LogP contribution is 2.27. The summed E-state index contributed by atoms with van der Waals surface area (Å²) in [5.41, 5.74) is 1.79. The van der Waals surface area contributed by atoms with Crippen molar-refractivity contribution in [1.29, 1.82) is 0 Å². The number of methoxy groups -OCH3 is 1. The Morgan fingerprint density at radius 3 is 2.36 bits per heavy atom. The number of nitrogens with zero attached hydrogens (tertiary/aromatic N) is 1. The number of amides is 1. The molecule has 0 unspecified atom stereocenters. The van der Waals surface area contributed by atoms with E-state index < -0.39 is 15.9 Å². The quantitative estimate of drug-likeness (QED) is 0.825. The molecule has 1 saturated heterocycles. The minimum Gasteiger partial charge on any atom is -0.496 e. The zero-order chi connectivity index (χ0) is 20.1. The molecule has 6 nitrogen and oxygen atoms in total. The third-order valence-corrected chi connectivity index (χ3v) is 6.91. The molecule has 3 rings (SSSR count). The van der Waals surface area contributed by atoms with Crippen molar-refractivity contribution in [1.82, 2.24) is 4.31 Å². The fourth-order valence-electron chi connectivity index (χ4n) is 3.36. The molecule has 0 spiro atoms. The molecule has 1 amide bonds. The van der Waals surface area contributed by atoms with Crippen LogP contribution in [0.2, 0.25) is 0 Å². The Kier molecular flexibility index (Phi) is 6.36. The van der Waals surface area contributed by atoms with E-state index >= 15 is 0 Å². The Bertz CT molecular complexity index is 949. The van der Waals surface area contributed by atoms with E-state index in [0.29, 0.717) is 24.5 Å². The average molecular weight is 403 g/mol. The minimum atomic E-state index is -3.65. The molecule has 150 valence electrons. The first kappa shape index (κ1) is 20.4. The van der Waals surface area contributed by atoms with Crippen LogP contribution in [0, 0.1) is 6.92 Å². The predicted molar refractivity (Wildman–Crippen MR) is 109 cm³/mol. The number of anilines is 1. The molecule has 0 saturated carbocycles. The van der Waals surface area contributed by atoms with Crippen molar-refractivity contribution in [3.05, 3.63) is 53.6 Å². The van der Waals surface area contributed by atoms with Gasteiger partial charge in [-0.3, -0.25) is 4.79 Å². The first-order valence-corrected chi connectivity index (χ1v) is 10.9. The van der Waals surface area contributed by atoms with Crippen molar-refractivity contribution in [2.24, 2.45) is 0 Å². The highest BCUT2D eigenvalue weighted by atomic mass is 32.2. The zero-order valence-electron chi connectivity index (χ0n) is 16.3. The Morgan fingerprint density at radius 1 is 1.04 bits per heavy atom. The highest BCUT2D eigenvalue weighted by molar-refractivity contribution is 7.89. The molecular formula is C21H26N2O4S. The summed E-state index contributed by atoms with van der Waals surface area (Å²) < 4.78 is 33.0. The summed E-state index contributed by atoms with van der Waals surface area (Å²) in [6.07, 6.45) is 3.80. The summed E-state index contributed by atoms with van der Waals surface area (Å²) in [4.78, 5) is 13.0. The van der Waals surface area contributed by atoms with Crippen LogP contribution >= 0.6 is 0 Å². The second kappa shape index (κ2) is 8.75. The van der Waals surface area contributed by atoms with Crippen molar-refractivity contribution in [3.63, 3.8) is 0 Å². The number of sulfonamides is 1. The van der Waals surface area contributed by atoms with Gasteiger partial charge in [0, 0.05) is 18.8 Å². The van der Waals surface area contributed by atoms with Crippen molar-refractivity contribution in [2.75, 3.05) is 25.5 Å². The lowest BCUT2D eigenvalue weighted by atomic mass is 10.1. The van der Waals surface area contributed by atoms with Gasteiger partial charge in [0.05, 0.1) is 17.6 Å². The summed E-state index contributed by atoms with van der Waals surface area (Å²) in [5, 5.41) is 2.84. The van der Waals surface area contributed by atoms with E-state index in [4.69, 9.17) is 4.74 Å². The Labute approximate surface area is 166 Å². The molecule has 0 bridgehead atoms. The number of carbonyl (C=O) groups is 1. The van der Waals surface area contributed by atoms with Crippen LogP contribution in [-0.4, -0.2) is 38.8 Å². The Hall–Kier alpha value is -2.38. The maximum Gasteiger partial charge on any atom is 0.259 e. The van der Waals surface area contributed by atoms with Gasteiger partial charge in [0.25, 0.3) is 5.91 Å². The highest BCUT2D eigenvalue weighted by Gasteiger charge is 2.27. The van der Waals surface area contributed by atoms with Gasteiger partial charge in [0.2, 0.25) is 10.0 Å². The first-order chi connectivity index (χ1) is 13.4. The summed E-state index contributed by atoms with van der Waals surface area (Å²) in [5.74, 6) is -0.0695. The van der Waals surface area contributed by atoms with Crippen molar-refractivity contribution < 1.29 is 17.9 Å². The summed E-state index contributed by atoms with van der Waals surface area (Å²) >= 11 is 0. The van der Waals surface area contributed by atoms with Crippen molar-refractivity contribution in [2.45, 2.75) is 37.5 Å². The summed E-state index contributed by atoms with van der Waals surface area (Å²) in [6.45, 7) is 2.92. The fourth-order valence-corrected chi connectivity index (χ4v) is 4.90. The van der Waals surface area contributed by atoms with Crippen LogP contribution in [0.1, 0.15) is 41.6 Å². The van der Waals surface area contributed by atoms with Gasteiger partial charge in [0.15, 0.2) is 0 Å². The molecule has 1 aliphatic heterocycles. The number of carbonyl (C=O) groups excluding carboxylic acids is 1. The van der Waals surface area contributed by atoms with Crippen LogP contribution in [0.3, 0.4) is 0 Å². The molecule has 7 heteroatoms. The van der Waals surface area contributed by atoms with Gasteiger partial charge >= 0.3 is 0 Å². The van der Waals surface area contributed by atoms with Gasteiger partial charge in [-0.1, -0.05) is 31.0 Å². The number of benzene rings is 2. The Morgan fingerprint density at radius 2 is 1.71 bits per heavy atom. The van der Waals surface area contributed by atoms with Crippen molar-refractivity contribution in [3.8, 4) is 5.75 Å². The SMILES string of the molecule is COc1ccc(S(=O)(=O)N2CCCCCC2)cc1C(=O)Nc1ccccc1C. The maximum absolute atomic E-state index is 13.1. The molecule has 0 atom stereocenters. The van der Waals surface area contributed by atoms with Gasteiger partial charge < -0.3 is 10.1 Å². The second-order valence-electron chi connectivity index (χ2n) is 6.95. The minimum absolute atomic E-state index is 0.116. The number of rotatable bonds is 5. The number of ether oxygens (including phenoxy) is 1. The normalized spacial score (nSPS) is 15.6. The average Bonchev–Trinajstić information content (AvgIpc) is 2.99. The lowest BCUT2D eigenvalue weighted by Gasteiger charge is -2.20. The van der Waals surface area contributed by atoms with E-state index in [2.05, 4.69) is 5.32 Å². The third kappa shape index (κ3) is 4.36.